The van der Waals surface area contributed by atoms with E-state index in [1.165, 1.54) is 18.2 Å². The minimum atomic E-state index is -0.899. The molecule has 2 N–H and O–H groups in total. The Hall–Kier alpha value is -3.56. The van der Waals surface area contributed by atoms with Crippen molar-refractivity contribution in [3.8, 4) is 22.5 Å². The lowest BCUT2D eigenvalue weighted by Crippen LogP contribution is -2.21. The highest BCUT2D eigenvalue weighted by Crippen LogP contribution is 2.33. The third-order valence-electron chi connectivity index (χ3n) is 6.29. The second-order valence-corrected chi connectivity index (χ2v) is 9.15. The van der Waals surface area contributed by atoms with Crippen molar-refractivity contribution in [1.29, 1.82) is 0 Å². The first-order valence-corrected chi connectivity index (χ1v) is 11.8. The van der Waals surface area contributed by atoms with Crippen LogP contribution in [0.4, 0.5) is 8.78 Å². The summed E-state index contributed by atoms with van der Waals surface area (Å²) in [7, 11) is 0. The van der Waals surface area contributed by atoms with Gasteiger partial charge in [0.25, 0.3) is 0 Å². The van der Waals surface area contributed by atoms with Crippen molar-refractivity contribution in [2.75, 3.05) is 6.61 Å². The molecule has 0 aliphatic heterocycles. The SMILES string of the molecule is Cc1c(-c2cccc(C(C)c3nnc(-c4c(F)cccc4F)cc3C(C)C)n2)cnn1C[C@@H](O)CO. The molecule has 1 aromatic carbocycles. The van der Waals surface area contributed by atoms with Gasteiger partial charge >= 0.3 is 0 Å². The molecule has 0 radical (unpaired) electrons. The van der Waals surface area contributed by atoms with E-state index in [1.54, 1.807) is 16.9 Å². The van der Waals surface area contributed by atoms with Crippen LogP contribution in [0.1, 0.15) is 55.3 Å². The summed E-state index contributed by atoms with van der Waals surface area (Å²) >= 11 is 0. The Morgan fingerprint density at radius 3 is 2.33 bits per heavy atom. The lowest BCUT2D eigenvalue weighted by Gasteiger charge is -2.18. The molecular weight excluding hydrogens is 464 g/mol. The smallest absolute Gasteiger partial charge is 0.135 e. The fourth-order valence-electron chi connectivity index (χ4n) is 4.20. The highest BCUT2D eigenvalue weighted by molar-refractivity contribution is 5.63. The number of aliphatic hydroxyl groups excluding tert-OH is 2. The van der Waals surface area contributed by atoms with Gasteiger partial charge in [-0.15, -0.1) is 0 Å². The van der Waals surface area contributed by atoms with E-state index in [9.17, 15) is 13.9 Å². The van der Waals surface area contributed by atoms with Gasteiger partial charge in [-0.25, -0.2) is 8.78 Å². The number of nitrogens with zero attached hydrogens (tertiary/aromatic N) is 5. The van der Waals surface area contributed by atoms with Gasteiger partial charge in [-0.05, 0) is 48.7 Å². The van der Waals surface area contributed by atoms with Gasteiger partial charge in [0.2, 0.25) is 0 Å². The summed E-state index contributed by atoms with van der Waals surface area (Å²) in [6.07, 6.45) is 0.789. The largest absolute Gasteiger partial charge is 0.394 e. The molecule has 3 heterocycles. The molecule has 0 bridgehead atoms. The molecule has 0 saturated carbocycles. The Bertz CT molecular complexity index is 1350. The monoisotopic (exact) mass is 493 g/mol. The number of rotatable bonds is 8. The first-order valence-electron chi connectivity index (χ1n) is 11.8. The number of halogens is 2. The first-order chi connectivity index (χ1) is 17.2. The van der Waals surface area contributed by atoms with Crippen LogP contribution in [0.2, 0.25) is 0 Å². The molecule has 0 aliphatic rings. The topological polar surface area (TPSA) is 97.0 Å². The molecule has 0 aliphatic carbocycles. The van der Waals surface area contributed by atoms with Crippen molar-refractivity contribution < 1.29 is 19.0 Å². The molecule has 4 aromatic rings. The maximum absolute atomic E-state index is 14.4. The van der Waals surface area contributed by atoms with Crippen molar-refractivity contribution in [2.24, 2.45) is 0 Å². The first kappa shape index (κ1) is 25.5. The Kier molecular flexibility index (Phi) is 7.51. The standard InChI is InChI=1S/C27H29F2N5O2/c1-15(2)19-11-25(26-21(28)7-5-8-22(26)29)32-33-27(19)16(3)23-9-6-10-24(31-23)20-12-30-34(17(20)4)13-18(36)14-35/h5-12,15-16,18,35-36H,13-14H2,1-4H3/t16?,18-/m1/s1. The van der Waals surface area contributed by atoms with Crippen molar-refractivity contribution in [3.63, 3.8) is 0 Å². The fourth-order valence-corrected chi connectivity index (χ4v) is 4.20. The van der Waals surface area contributed by atoms with E-state index < -0.39 is 17.7 Å². The van der Waals surface area contributed by atoms with E-state index in [0.717, 1.165) is 22.5 Å². The number of aliphatic hydroxyl groups is 2. The van der Waals surface area contributed by atoms with Gasteiger partial charge in [-0.1, -0.05) is 32.9 Å². The van der Waals surface area contributed by atoms with E-state index >= 15 is 0 Å². The normalized spacial score (nSPS) is 13.2. The molecule has 9 heteroatoms. The second-order valence-electron chi connectivity index (χ2n) is 9.15. The maximum atomic E-state index is 14.4. The highest BCUT2D eigenvalue weighted by Gasteiger charge is 2.22. The van der Waals surface area contributed by atoms with Crippen molar-refractivity contribution in [3.05, 3.63) is 82.9 Å². The van der Waals surface area contributed by atoms with Crippen LogP contribution in [0, 0.1) is 18.6 Å². The number of hydrogen-bond donors (Lipinski definition) is 2. The summed E-state index contributed by atoms with van der Waals surface area (Å²) in [5, 5.41) is 31.8. The van der Waals surface area contributed by atoms with E-state index in [-0.39, 0.29) is 36.2 Å². The summed E-state index contributed by atoms with van der Waals surface area (Å²) in [5.41, 5.74) is 4.60. The van der Waals surface area contributed by atoms with Gasteiger partial charge < -0.3 is 10.2 Å². The zero-order chi connectivity index (χ0) is 26.0. The lowest BCUT2D eigenvalue weighted by molar-refractivity contribution is 0.0777. The Morgan fingerprint density at radius 2 is 1.67 bits per heavy atom. The predicted octanol–water partition coefficient (Wildman–Crippen LogP) is 4.62. The Balaban J connectivity index is 1.70. The molecule has 0 saturated heterocycles. The van der Waals surface area contributed by atoms with Crippen molar-refractivity contribution in [1.82, 2.24) is 25.0 Å². The molecule has 188 valence electrons. The maximum Gasteiger partial charge on any atom is 0.135 e. The number of hydrogen-bond acceptors (Lipinski definition) is 6. The Morgan fingerprint density at radius 1 is 0.972 bits per heavy atom. The van der Waals surface area contributed by atoms with E-state index in [0.29, 0.717) is 11.4 Å². The molecule has 3 aromatic heterocycles. The van der Waals surface area contributed by atoms with Crippen LogP contribution in [0.15, 0.2) is 48.7 Å². The summed E-state index contributed by atoms with van der Waals surface area (Å²) in [4.78, 5) is 4.85. The second kappa shape index (κ2) is 10.6. The van der Waals surface area contributed by atoms with E-state index in [1.807, 2.05) is 45.9 Å². The number of benzene rings is 1. The molecule has 1 unspecified atom stereocenters. The van der Waals surface area contributed by atoms with Crippen LogP contribution in [-0.4, -0.2) is 47.9 Å². The van der Waals surface area contributed by atoms with Gasteiger partial charge in [0.15, 0.2) is 0 Å². The summed E-state index contributed by atoms with van der Waals surface area (Å²) < 4.78 is 30.4. The van der Waals surface area contributed by atoms with Crippen LogP contribution >= 0.6 is 0 Å². The quantitative estimate of drug-likeness (QED) is 0.372. The van der Waals surface area contributed by atoms with Crippen LogP contribution in [-0.2, 0) is 6.54 Å². The average molecular weight is 494 g/mol. The molecule has 4 rings (SSSR count). The molecule has 0 fully saturated rings. The highest BCUT2D eigenvalue weighted by atomic mass is 19.1. The molecule has 36 heavy (non-hydrogen) atoms. The van der Waals surface area contributed by atoms with Gasteiger partial charge in [0, 0.05) is 22.9 Å². The van der Waals surface area contributed by atoms with Gasteiger partial charge in [0.1, 0.15) is 11.6 Å². The lowest BCUT2D eigenvalue weighted by atomic mass is 9.91. The minimum absolute atomic E-state index is 0.0353. The van der Waals surface area contributed by atoms with Gasteiger partial charge in [0.05, 0.1) is 48.1 Å². The number of aromatic nitrogens is 5. The minimum Gasteiger partial charge on any atom is -0.394 e. The summed E-state index contributed by atoms with van der Waals surface area (Å²) in [6, 6.07) is 11.1. The van der Waals surface area contributed by atoms with Crippen molar-refractivity contribution in [2.45, 2.75) is 52.2 Å². The Labute approximate surface area is 208 Å². The van der Waals surface area contributed by atoms with Crippen LogP contribution in [0.25, 0.3) is 22.5 Å². The zero-order valence-corrected chi connectivity index (χ0v) is 20.7. The van der Waals surface area contributed by atoms with Crippen molar-refractivity contribution >= 4 is 0 Å². The third kappa shape index (κ3) is 5.03. The zero-order valence-electron chi connectivity index (χ0n) is 20.7. The van der Waals surface area contributed by atoms with Gasteiger partial charge in [-0.2, -0.15) is 15.3 Å². The molecule has 0 amide bonds. The van der Waals surface area contributed by atoms with Crippen LogP contribution in [0.5, 0.6) is 0 Å². The van der Waals surface area contributed by atoms with Crippen LogP contribution in [0.3, 0.4) is 0 Å². The van der Waals surface area contributed by atoms with Gasteiger partial charge in [-0.3, -0.25) is 9.67 Å². The predicted molar refractivity (Wildman–Crippen MR) is 132 cm³/mol. The molecule has 2 atom stereocenters. The molecule has 7 nitrogen and oxygen atoms in total. The van der Waals surface area contributed by atoms with E-state index in [2.05, 4.69) is 15.3 Å². The summed E-state index contributed by atoms with van der Waals surface area (Å²) in [6.45, 7) is 7.68. The number of pyridine rings is 1. The van der Waals surface area contributed by atoms with Crippen LogP contribution < -0.4 is 0 Å². The fraction of sp³-hybridized carbons (Fsp3) is 0.333. The molecule has 0 spiro atoms. The summed E-state index contributed by atoms with van der Waals surface area (Å²) in [5.74, 6) is -1.57. The third-order valence-corrected chi connectivity index (χ3v) is 6.29. The van der Waals surface area contributed by atoms with E-state index in [4.69, 9.17) is 10.1 Å². The molecular formula is C27H29F2N5O2. The average Bonchev–Trinajstić information content (AvgIpc) is 3.23.